The number of aliphatic hydroxyl groups is 6. The van der Waals surface area contributed by atoms with Crippen molar-refractivity contribution in [3.8, 4) is 0 Å². The molecule has 0 heterocycles. The topological polar surface area (TPSA) is 196 Å². The Labute approximate surface area is 191 Å². The fourth-order valence-corrected chi connectivity index (χ4v) is 2.23. The van der Waals surface area contributed by atoms with Crippen LogP contribution in [-0.2, 0) is 9.59 Å². The number of rotatable bonds is 17. The molecular weight excluding hydrogens is 424 g/mol. The highest BCUT2D eigenvalue weighted by molar-refractivity contribution is 5.66. The first-order valence-electron chi connectivity index (χ1n) is 11.2. The molecule has 0 amide bonds. The maximum Gasteiger partial charge on any atom is 0.303 e. The Bertz CT molecular complexity index is 359. The second kappa shape index (κ2) is 22.9. The van der Waals surface area contributed by atoms with E-state index in [1.165, 1.54) is 0 Å². The number of unbranched alkanes of at least 4 members (excludes halogenated alkanes) is 5. The van der Waals surface area contributed by atoms with Crippen molar-refractivity contribution in [2.45, 2.75) is 78.1 Å². The molecule has 0 saturated heterocycles. The van der Waals surface area contributed by atoms with Gasteiger partial charge in [-0.25, -0.2) is 0 Å². The van der Waals surface area contributed by atoms with E-state index < -0.39 is 22.8 Å². The molecule has 0 saturated carbocycles. The van der Waals surface area contributed by atoms with E-state index in [4.69, 9.17) is 40.9 Å². The SMILES string of the molecule is CCC(CO)(CO)CO.CCC(CO)(CO)CO.O=C(O)CCCCCCCCC(=O)O. The lowest BCUT2D eigenvalue weighted by Crippen LogP contribution is -2.32. The van der Waals surface area contributed by atoms with Crippen molar-refractivity contribution in [3.63, 3.8) is 0 Å². The Morgan fingerprint density at radius 3 is 0.844 bits per heavy atom. The van der Waals surface area contributed by atoms with Gasteiger partial charge in [0.1, 0.15) is 0 Å². The first-order chi connectivity index (χ1) is 15.1. The molecule has 32 heavy (non-hydrogen) atoms. The largest absolute Gasteiger partial charge is 0.481 e. The van der Waals surface area contributed by atoms with E-state index in [0.717, 1.165) is 38.5 Å². The molecule has 0 aromatic rings. The van der Waals surface area contributed by atoms with Gasteiger partial charge in [-0.15, -0.1) is 0 Å². The van der Waals surface area contributed by atoms with Gasteiger partial charge in [-0.05, 0) is 25.7 Å². The Kier molecular flexibility index (Phi) is 25.2. The molecule has 194 valence electrons. The van der Waals surface area contributed by atoms with Crippen LogP contribution < -0.4 is 0 Å². The summed E-state index contributed by atoms with van der Waals surface area (Å²) in [6.07, 6.45) is 7.01. The van der Waals surface area contributed by atoms with Crippen LogP contribution in [0.3, 0.4) is 0 Å². The number of hydrogen-bond donors (Lipinski definition) is 8. The third-order valence-electron chi connectivity index (χ3n) is 5.54. The van der Waals surface area contributed by atoms with E-state index >= 15 is 0 Å². The molecule has 0 aliphatic rings. The van der Waals surface area contributed by atoms with Crippen molar-refractivity contribution in [2.75, 3.05) is 39.6 Å². The Morgan fingerprint density at radius 2 is 0.719 bits per heavy atom. The van der Waals surface area contributed by atoms with Gasteiger partial charge in [0.2, 0.25) is 0 Å². The molecule has 0 atom stereocenters. The average molecular weight is 471 g/mol. The van der Waals surface area contributed by atoms with Crippen molar-refractivity contribution in [1.29, 1.82) is 0 Å². The third-order valence-corrected chi connectivity index (χ3v) is 5.54. The molecule has 0 rings (SSSR count). The van der Waals surface area contributed by atoms with Crippen LogP contribution in [0, 0.1) is 10.8 Å². The van der Waals surface area contributed by atoms with Crippen molar-refractivity contribution < 1.29 is 50.4 Å². The molecule has 0 bridgehead atoms. The van der Waals surface area contributed by atoms with Gasteiger partial charge >= 0.3 is 11.9 Å². The molecule has 0 aliphatic carbocycles. The maximum atomic E-state index is 10.1. The summed E-state index contributed by atoms with van der Waals surface area (Å²) in [5.41, 5.74) is -1.33. The molecule has 8 N–H and O–H groups in total. The highest BCUT2D eigenvalue weighted by atomic mass is 16.4. The fourth-order valence-electron chi connectivity index (χ4n) is 2.23. The number of hydrogen-bond acceptors (Lipinski definition) is 8. The molecule has 10 heteroatoms. The molecule has 0 fully saturated rings. The van der Waals surface area contributed by atoms with Crippen LogP contribution in [0.5, 0.6) is 0 Å². The van der Waals surface area contributed by atoms with Crippen molar-refractivity contribution in [1.82, 2.24) is 0 Å². The number of aliphatic hydroxyl groups excluding tert-OH is 6. The normalized spacial score (nSPS) is 11.1. The molecule has 0 spiro atoms. The second-order valence-electron chi connectivity index (χ2n) is 8.06. The van der Waals surface area contributed by atoms with E-state index in [-0.39, 0.29) is 52.5 Å². The Morgan fingerprint density at radius 1 is 0.500 bits per heavy atom. The number of carboxylic acids is 2. The van der Waals surface area contributed by atoms with Gasteiger partial charge in [0.15, 0.2) is 0 Å². The lowest BCUT2D eigenvalue weighted by Gasteiger charge is -2.24. The number of carboxylic acid groups (broad SMARTS) is 2. The van der Waals surface area contributed by atoms with E-state index in [9.17, 15) is 9.59 Å². The van der Waals surface area contributed by atoms with Crippen LogP contribution in [0.2, 0.25) is 0 Å². The molecule has 0 unspecified atom stereocenters. The van der Waals surface area contributed by atoms with E-state index in [0.29, 0.717) is 12.8 Å². The van der Waals surface area contributed by atoms with Crippen LogP contribution in [0.4, 0.5) is 0 Å². The van der Waals surface area contributed by atoms with Gasteiger partial charge in [0.25, 0.3) is 0 Å². The molecule has 0 aromatic heterocycles. The van der Waals surface area contributed by atoms with Crippen LogP contribution in [0.25, 0.3) is 0 Å². The highest BCUT2D eigenvalue weighted by Gasteiger charge is 2.25. The summed E-state index contributed by atoms with van der Waals surface area (Å²) in [6.45, 7) is 2.71. The first kappa shape index (κ1) is 35.3. The predicted octanol–water partition coefficient (Wildman–Crippen LogP) is 0.996. The zero-order valence-corrected chi connectivity index (χ0v) is 19.7. The van der Waals surface area contributed by atoms with Gasteiger partial charge in [0.05, 0.1) is 39.6 Å². The summed E-state index contributed by atoms with van der Waals surface area (Å²) in [5, 5.41) is 68.6. The van der Waals surface area contributed by atoms with Crippen LogP contribution in [0.15, 0.2) is 0 Å². The standard InChI is InChI=1S/C10H18O4.2C6H14O3/c11-9(12)7-5-3-1-2-4-6-8-10(13)14;2*1-2-6(3-7,4-8)5-9/h1-8H2,(H,11,12)(H,13,14);2*7-9H,2-5H2,1H3. The molecule has 0 radical (unpaired) electrons. The summed E-state index contributed by atoms with van der Waals surface area (Å²) in [4.78, 5) is 20.3. The predicted molar refractivity (Wildman–Crippen MR) is 120 cm³/mol. The summed E-state index contributed by atoms with van der Waals surface area (Å²) in [6, 6.07) is 0. The minimum Gasteiger partial charge on any atom is -0.481 e. The molecule has 10 nitrogen and oxygen atoms in total. The van der Waals surface area contributed by atoms with Crippen molar-refractivity contribution in [3.05, 3.63) is 0 Å². The fraction of sp³-hybridized carbons (Fsp3) is 0.909. The van der Waals surface area contributed by atoms with Gasteiger partial charge in [-0.2, -0.15) is 0 Å². The van der Waals surface area contributed by atoms with Crippen LogP contribution >= 0.6 is 0 Å². The monoisotopic (exact) mass is 470 g/mol. The minimum atomic E-state index is -0.740. The zero-order chi connectivity index (χ0) is 25.5. The summed E-state index contributed by atoms with van der Waals surface area (Å²) in [7, 11) is 0. The van der Waals surface area contributed by atoms with Gasteiger partial charge in [0, 0.05) is 23.7 Å². The third kappa shape index (κ3) is 19.4. The van der Waals surface area contributed by atoms with E-state index in [1.54, 1.807) is 0 Å². The summed E-state index contributed by atoms with van der Waals surface area (Å²) < 4.78 is 0. The van der Waals surface area contributed by atoms with Gasteiger partial charge in [-0.3, -0.25) is 9.59 Å². The number of carbonyl (C=O) groups is 2. The van der Waals surface area contributed by atoms with E-state index in [1.807, 2.05) is 13.8 Å². The molecule has 0 aromatic carbocycles. The lowest BCUT2D eigenvalue weighted by molar-refractivity contribution is -0.138. The maximum absolute atomic E-state index is 10.1. The second-order valence-corrected chi connectivity index (χ2v) is 8.06. The minimum absolute atomic E-state index is 0.156. The van der Waals surface area contributed by atoms with Crippen molar-refractivity contribution >= 4 is 11.9 Å². The van der Waals surface area contributed by atoms with Crippen molar-refractivity contribution in [2.24, 2.45) is 10.8 Å². The Hall–Kier alpha value is -1.30. The number of aliphatic carboxylic acids is 2. The Balaban J connectivity index is -0.000000411. The van der Waals surface area contributed by atoms with E-state index in [2.05, 4.69) is 0 Å². The average Bonchev–Trinajstić information content (AvgIpc) is 2.80. The van der Waals surface area contributed by atoms with Crippen LogP contribution in [0.1, 0.15) is 78.1 Å². The van der Waals surface area contributed by atoms with Gasteiger partial charge < -0.3 is 40.9 Å². The summed E-state index contributed by atoms with van der Waals surface area (Å²) in [5.74, 6) is -1.48. The van der Waals surface area contributed by atoms with Crippen LogP contribution in [-0.4, -0.2) is 92.4 Å². The highest BCUT2D eigenvalue weighted by Crippen LogP contribution is 2.19. The quantitative estimate of drug-likeness (QED) is 0.142. The zero-order valence-electron chi connectivity index (χ0n) is 19.7. The lowest BCUT2D eigenvalue weighted by atomic mass is 9.88. The summed E-state index contributed by atoms with van der Waals surface area (Å²) >= 11 is 0. The first-order valence-corrected chi connectivity index (χ1v) is 11.2. The smallest absolute Gasteiger partial charge is 0.303 e. The molecule has 0 aliphatic heterocycles. The van der Waals surface area contributed by atoms with Gasteiger partial charge in [-0.1, -0.05) is 39.5 Å². The molecular formula is C22H46O10.